The summed E-state index contributed by atoms with van der Waals surface area (Å²) in [6.07, 6.45) is 0. The highest BCUT2D eigenvalue weighted by Crippen LogP contribution is 2.47. The molecule has 22 N–H and O–H groups in total. The molecule has 2 aromatic rings. The zero-order valence-electron chi connectivity index (χ0n) is 23.2. The average molecular weight is 728 g/mol. The van der Waals surface area contributed by atoms with Crippen molar-refractivity contribution in [1.29, 1.82) is 0 Å². The van der Waals surface area contributed by atoms with Gasteiger partial charge < -0.3 is 47.8 Å². The second-order valence-corrected chi connectivity index (χ2v) is 6.69. The number of carbonyl (C=O) groups is 2. The van der Waals surface area contributed by atoms with E-state index in [0.29, 0.717) is 0 Å². The minimum Gasteiger partial charge on any atom is -0.863 e. The smallest absolute Gasteiger partial charge is 0.377 e. The van der Waals surface area contributed by atoms with Crippen molar-refractivity contribution in [1.82, 2.24) is 21.7 Å². The number of hydrazine groups is 1. The molecule has 35 heteroatoms. The maximum atomic E-state index is 11.2. The molecule has 0 bridgehead atoms. The standard InChI is InChI=1S/2C6H3N3O8.C2H8N6O2.5H2O/c2*10-5-2(7(12)13)1-3(8(14)15)6(11)4(5)9(16)17;3-5-1(9)7-8-2(10)6-4;;;;;/h2*1,10-11H;3-4H2,(H2,5,7,9)(H2,6,8,10);5*1H2. The Kier molecular flexibility index (Phi) is 25.0. The summed E-state index contributed by atoms with van der Waals surface area (Å²) in [5.74, 6) is -0.311. The topological polar surface area (TPSA) is 640 Å². The number of amides is 4. The van der Waals surface area contributed by atoms with E-state index < -0.39 is 98.7 Å². The van der Waals surface area contributed by atoms with E-state index in [1.807, 2.05) is 21.7 Å². The molecule has 0 saturated heterocycles. The quantitative estimate of drug-likeness (QED) is 0.101. The molecule has 0 saturated carbocycles. The normalized spacial score (nSPS) is 8.45. The lowest BCUT2D eigenvalue weighted by molar-refractivity contribution is -0.424. The van der Waals surface area contributed by atoms with Gasteiger partial charge in [0.15, 0.2) is 0 Å². The van der Waals surface area contributed by atoms with Crippen LogP contribution < -0.4 is 43.6 Å². The van der Waals surface area contributed by atoms with Crippen LogP contribution in [-0.2, 0) is 0 Å². The molecule has 0 radical (unpaired) electrons. The van der Waals surface area contributed by atoms with Crippen LogP contribution in [0, 0.1) is 60.7 Å². The maximum Gasteiger partial charge on any atom is 0.377 e. The average Bonchev–Trinajstić information content (AvgIpc) is 2.91. The van der Waals surface area contributed by atoms with Gasteiger partial charge in [0.1, 0.15) is 0 Å². The summed E-state index contributed by atoms with van der Waals surface area (Å²) in [7, 11) is 0. The van der Waals surface area contributed by atoms with Crippen LogP contribution in [0.15, 0.2) is 12.1 Å². The van der Waals surface area contributed by atoms with Crippen molar-refractivity contribution in [2.75, 3.05) is 0 Å². The van der Waals surface area contributed by atoms with E-state index in [9.17, 15) is 80.5 Å². The second kappa shape index (κ2) is 22.8. The SMILES string of the molecule is O.O.O.O.O.O=[N+]([O-])c1cc([N+](=O)[O-])c(O)c([N+](=O)[O-])c1[O-].O=[N+]([O-])c1cc([N+](=O)[O-])c(O)c([N+](=O)[O-])c1[O-].[NH3+]NC(=O)NNC(=O)N[NH3+]. The number of carbonyl (C=O) groups excluding carboxylic acids is 2. The van der Waals surface area contributed by atoms with Gasteiger partial charge >= 0.3 is 34.8 Å². The Hall–Kier alpha value is -7.70. The van der Waals surface area contributed by atoms with Crippen LogP contribution in [0.5, 0.6) is 23.0 Å². The van der Waals surface area contributed by atoms with Gasteiger partial charge in [0.05, 0.1) is 53.2 Å². The third-order valence-corrected chi connectivity index (χ3v) is 4.14. The highest BCUT2D eigenvalue weighted by molar-refractivity contribution is 5.78. The van der Waals surface area contributed by atoms with Gasteiger partial charge in [-0.25, -0.2) is 20.4 Å². The van der Waals surface area contributed by atoms with Gasteiger partial charge in [-0.3, -0.25) is 72.4 Å². The molecule has 0 aliphatic carbocycles. The van der Waals surface area contributed by atoms with Crippen molar-refractivity contribution in [2.24, 2.45) is 0 Å². The fraction of sp³-hybridized carbons (Fsp3) is 0. The Morgan fingerprint density at radius 1 is 0.510 bits per heavy atom. The van der Waals surface area contributed by atoms with Crippen LogP contribution in [-0.4, -0.2) is 79.2 Å². The number of hydrogen-bond acceptors (Lipinski definition) is 18. The first-order valence-electron chi connectivity index (χ1n) is 9.91. The Labute approximate surface area is 263 Å². The Morgan fingerprint density at radius 3 is 0.898 bits per heavy atom. The van der Waals surface area contributed by atoms with Gasteiger partial charge in [-0.15, -0.1) is 0 Å². The fourth-order valence-electron chi connectivity index (χ4n) is 2.32. The number of phenols is 2. The molecule has 278 valence electrons. The highest BCUT2D eigenvalue weighted by Gasteiger charge is 2.33. The minimum absolute atomic E-state index is 0. The summed E-state index contributed by atoms with van der Waals surface area (Å²) in [5, 5.41) is 103. The number of quaternary nitrogens is 2. The molecule has 0 spiro atoms. The molecule has 0 aliphatic heterocycles. The van der Waals surface area contributed by atoms with Gasteiger partial charge in [0, 0.05) is 0 Å². The van der Waals surface area contributed by atoms with Crippen molar-refractivity contribution in [3.63, 3.8) is 0 Å². The first-order valence-corrected chi connectivity index (χ1v) is 9.91. The second-order valence-electron chi connectivity index (χ2n) is 6.69. The highest BCUT2D eigenvalue weighted by atomic mass is 16.7. The molecule has 0 fully saturated rings. The van der Waals surface area contributed by atoms with Gasteiger partial charge in [0.2, 0.25) is 0 Å². The number of urea groups is 2. The molecule has 4 amide bonds. The van der Waals surface area contributed by atoms with Gasteiger partial charge in [-0.05, 0) is 0 Å². The number of nitrogens with zero attached hydrogens (tertiary/aromatic N) is 6. The molecular formula is C14H24N12O23. The predicted molar refractivity (Wildman–Crippen MR) is 142 cm³/mol. The van der Waals surface area contributed by atoms with Gasteiger partial charge in [-0.2, -0.15) is 10.9 Å². The first kappa shape index (κ1) is 53.8. The largest absolute Gasteiger partial charge is 0.863 e. The van der Waals surface area contributed by atoms with Crippen molar-refractivity contribution in [3.8, 4) is 23.0 Å². The molecule has 2 aromatic carbocycles. The summed E-state index contributed by atoms with van der Waals surface area (Å²) < 4.78 is 0. The van der Waals surface area contributed by atoms with E-state index in [1.165, 1.54) is 0 Å². The van der Waals surface area contributed by atoms with Crippen LogP contribution in [0.25, 0.3) is 0 Å². The molecule has 2 rings (SSSR count). The summed E-state index contributed by atoms with van der Waals surface area (Å²) >= 11 is 0. The fourth-order valence-corrected chi connectivity index (χ4v) is 2.32. The molecule has 0 unspecified atom stereocenters. The molecule has 0 atom stereocenters. The van der Waals surface area contributed by atoms with E-state index in [2.05, 4.69) is 11.7 Å². The first-order chi connectivity index (χ1) is 20.2. The lowest BCUT2D eigenvalue weighted by Gasteiger charge is -2.08. The van der Waals surface area contributed by atoms with Crippen LogP contribution >= 0.6 is 0 Å². The molecule has 35 nitrogen and oxygen atoms in total. The Balaban J connectivity index is -0.000000139. The molecule has 49 heavy (non-hydrogen) atoms. The van der Waals surface area contributed by atoms with Gasteiger partial charge in [0.25, 0.3) is 22.9 Å². The van der Waals surface area contributed by atoms with E-state index in [-0.39, 0.29) is 39.5 Å². The Morgan fingerprint density at radius 2 is 0.735 bits per heavy atom. The van der Waals surface area contributed by atoms with Crippen molar-refractivity contribution in [3.05, 3.63) is 72.8 Å². The molecule has 0 aliphatic rings. The van der Waals surface area contributed by atoms with E-state index in [1.54, 1.807) is 0 Å². The monoisotopic (exact) mass is 728 g/mol. The van der Waals surface area contributed by atoms with E-state index in [0.717, 1.165) is 0 Å². The van der Waals surface area contributed by atoms with Crippen molar-refractivity contribution in [2.45, 2.75) is 0 Å². The number of rotatable bonds is 6. The summed E-state index contributed by atoms with van der Waals surface area (Å²) in [4.78, 5) is 74.9. The summed E-state index contributed by atoms with van der Waals surface area (Å²) in [6, 6.07) is -0.873. The lowest BCUT2D eigenvalue weighted by Crippen LogP contribution is -2.74. The van der Waals surface area contributed by atoms with Crippen molar-refractivity contribution >= 4 is 46.2 Å². The predicted octanol–water partition coefficient (Wildman–Crippen LogP) is -7.93. The molecule has 0 aromatic heterocycles. The zero-order valence-corrected chi connectivity index (χ0v) is 23.2. The van der Waals surface area contributed by atoms with Crippen LogP contribution in [0.3, 0.4) is 0 Å². The Bertz CT molecular complexity index is 1360. The molecular weight excluding hydrogens is 704 g/mol. The zero-order chi connectivity index (χ0) is 34.6. The number of nitro benzene ring substituents is 6. The van der Waals surface area contributed by atoms with Crippen LogP contribution in [0.4, 0.5) is 43.7 Å². The minimum atomic E-state index is -1.69. The van der Waals surface area contributed by atoms with Crippen molar-refractivity contribution < 1.29 is 98.6 Å². The maximum absolute atomic E-state index is 11.2. The van der Waals surface area contributed by atoms with Gasteiger partial charge in [-0.1, -0.05) is 0 Å². The number of aromatic hydroxyl groups is 2. The third-order valence-electron chi connectivity index (χ3n) is 4.14. The van der Waals surface area contributed by atoms with E-state index in [4.69, 9.17) is 10.2 Å². The number of hydrogen-bond donors (Lipinski definition) is 8. The number of nitro groups is 6. The van der Waals surface area contributed by atoms with Crippen LogP contribution in [0.1, 0.15) is 0 Å². The summed E-state index contributed by atoms with van der Waals surface area (Å²) in [6.45, 7) is 0. The number of benzene rings is 2. The third kappa shape index (κ3) is 13.9. The number of phenolic OH excluding ortho intramolecular Hbond substituents is 2. The molecule has 0 heterocycles. The summed E-state index contributed by atoms with van der Waals surface area (Å²) in [5.41, 5.74) is -0.526. The number of nitrogens with one attached hydrogen (secondary N) is 4. The van der Waals surface area contributed by atoms with E-state index >= 15 is 0 Å². The lowest BCUT2D eigenvalue weighted by atomic mass is 10.2. The van der Waals surface area contributed by atoms with Crippen LogP contribution in [0.2, 0.25) is 0 Å².